The molecule has 1 fully saturated rings. The molecule has 0 saturated carbocycles. The maximum absolute atomic E-state index is 12.5. The Kier molecular flexibility index (Phi) is 3.78. The van der Waals surface area contributed by atoms with Crippen LogP contribution in [0.3, 0.4) is 0 Å². The van der Waals surface area contributed by atoms with E-state index in [1.807, 2.05) is 26.0 Å². The fraction of sp³-hybridized carbons (Fsp3) is 0.444. The van der Waals surface area contributed by atoms with Gasteiger partial charge in [-0.05, 0) is 26.3 Å². The Hall–Kier alpha value is -2.50. The first kappa shape index (κ1) is 16.4. The largest absolute Gasteiger partial charge is 0.322 e. The molecule has 6 nitrogen and oxygen atoms in total. The molecule has 0 bridgehead atoms. The molecule has 1 aliphatic carbocycles. The van der Waals surface area contributed by atoms with Gasteiger partial charge in [-0.1, -0.05) is 19.9 Å². The van der Waals surface area contributed by atoms with Gasteiger partial charge in [0.15, 0.2) is 0 Å². The van der Waals surface area contributed by atoms with E-state index >= 15 is 0 Å². The summed E-state index contributed by atoms with van der Waals surface area (Å²) in [5, 5.41) is 2.90. The van der Waals surface area contributed by atoms with E-state index in [4.69, 9.17) is 0 Å². The number of nitrogens with one attached hydrogen (secondary N) is 1. The monoisotopic (exact) mass is 326 g/mol. The highest BCUT2D eigenvalue weighted by Gasteiger charge is 2.49. The summed E-state index contributed by atoms with van der Waals surface area (Å²) in [5.74, 6) is 0.669. The van der Waals surface area contributed by atoms with Crippen LogP contribution in [-0.4, -0.2) is 33.7 Å². The van der Waals surface area contributed by atoms with Crippen LogP contribution < -0.4 is 5.32 Å². The molecular weight excluding hydrogens is 304 g/mol. The van der Waals surface area contributed by atoms with Crippen molar-refractivity contribution in [2.24, 2.45) is 11.3 Å². The number of nitrogens with zero attached hydrogens (tertiary/aromatic N) is 3. The molecule has 2 heterocycles. The Morgan fingerprint density at radius 3 is 2.75 bits per heavy atom. The van der Waals surface area contributed by atoms with Gasteiger partial charge in [0.1, 0.15) is 5.82 Å². The van der Waals surface area contributed by atoms with Gasteiger partial charge >= 0.3 is 0 Å². The van der Waals surface area contributed by atoms with Crippen molar-refractivity contribution in [3.63, 3.8) is 0 Å². The fourth-order valence-corrected chi connectivity index (χ4v) is 3.47. The molecule has 0 spiro atoms. The average Bonchev–Trinajstić information content (AvgIpc) is 2.68. The summed E-state index contributed by atoms with van der Waals surface area (Å²) in [4.78, 5) is 34.9. The van der Waals surface area contributed by atoms with Crippen LogP contribution in [0, 0.1) is 25.2 Å². The molecule has 0 aromatic carbocycles. The number of aryl methyl sites for hydroxylation is 2. The predicted molar refractivity (Wildman–Crippen MR) is 89.8 cm³/mol. The number of likely N-dealkylation sites (tertiary alicyclic amines) is 1. The Morgan fingerprint density at radius 1 is 1.38 bits per heavy atom. The van der Waals surface area contributed by atoms with Gasteiger partial charge in [-0.2, -0.15) is 0 Å². The lowest BCUT2D eigenvalue weighted by molar-refractivity contribution is -0.133. The van der Waals surface area contributed by atoms with Crippen molar-refractivity contribution in [3.05, 3.63) is 46.8 Å². The van der Waals surface area contributed by atoms with Gasteiger partial charge in [-0.25, -0.2) is 9.97 Å². The first-order valence-corrected chi connectivity index (χ1v) is 8.03. The number of carbonyl (C=O) groups is 2. The van der Waals surface area contributed by atoms with Gasteiger partial charge in [0.2, 0.25) is 5.91 Å². The highest BCUT2D eigenvalue weighted by molar-refractivity contribution is 5.96. The van der Waals surface area contributed by atoms with Gasteiger partial charge in [0.25, 0.3) is 5.91 Å². The Labute approximate surface area is 141 Å². The number of fused-ring (bicyclic) bond motifs is 1. The highest BCUT2D eigenvalue weighted by atomic mass is 16.2. The van der Waals surface area contributed by atoms with Gasteiger partial charge in [-0.3, -0.25) is 9.59 Å². The Bertz CT molecular complexity index is 792. The van der Waals surface area contributed by atoms with Gasteiger partial charge < -0.3 is 10.2 Å². The third-order valence-corrected chi connectivity index (χ3v) is 4.95. The van der Waals surface area contributed by atoms with Crippen molar-refractivity contribution in [3.8, 4) is 0 Å². The summed E-state index contributed by atoms with van der Waals surface area (Å²) in [7, 11) is 1.79. The molecule has 1 aromatic rings. The van der Waals surface area contributed by atoms with Crippen LogP contribution in [0.2, 0.25) is 0 Å². The lowest BCUT2D eigenvalue weighted by Gasteiger charge is -2.25. The van der Waals surface area contributed by atoms with Crippen LogP contribution in [0.15, 0.2) is 29.7 Å². The zero-order valence-electron chi connectivity index (χ0n) is 14.7. The highest BCUT2D eigenvalue weighted by Crippen LogP contribution is 2.46. The van der Waals surface area contributed by atoms with Crippen LogP contribution in [0.5, 0.6) is 0 Å². The van der Waals surface area contributed by atoms with Gasteiger partial charge in [-0.15, -0.1) is 0 Å². The second kappa shape index (κ2) is 5.54. The zero-order valence-corrected chi connectivity index (χ0v) is 14.7. The summed E-state index contributed by atoms with van der Waals surface area (Å²) < 4.78 is 0. The third kappa shape index (κ3) is 2.52. The smallest absolute Gasteiger partial charge is 0.259 e. The van der Waals surface area contributed by atoms with Crippen LogP contribution in [-0.2, 0) is 4.79 Å². The molecule has 1 aromatic heterocycles. The normalized spacial score (nSPS) is 22.0. The molecule has 1 saturated heterocycles. The van der Waals surface area contributed by atoms with Crippen molar-refractivity contribution in [1.29, 1.82) is 0 Å². The lowest BCUT2D eigenvalue weighted by Crippen LogP contribution is -2.29. The predicted octanol–water partition coefficient (Wildman–Crippen LogP) is 2.11. The van der Waals surface area contributed by atoms with Crippen LogP contribution >= 0.6 is 0 Å². The van der Waals surface area contributed by atoms with E-state index in [1.165, 1.54) is 0 Å². The summed E-state index contributed by atoms with van der Waals surface area (Å²) in [6, 6.07) is 0. The zero-order chi connectivity index (χ0) is 17.6. The topological polar surface area (TPSA) is 75.2 Å². The van der Waals surface area contributed by atoms with Crippen molar-refractivity contribution < 1.29 is 9.59 Å². The quantitative estimate of drug-likeness (QED) is 0.903. The van der Waals surface area contributed by atoms with Gasteiger partial charge in [0.05, 0.1) is 16.7 Å². The summed E-state index contributed by atoms with van der Waals surface area (Å²) in [6.45, 7) is 7.53. The number of hydrogen-bond donors (Lipinski definition) is 1. The molecule has 24 heavy (non-hydrogen) atoms. The van der Waals surface area contributed by atoms with Gasteiger partial charge in [0, 0.05) is 30.6 Å². The first-order chi connectivity index (χ1) is 11.2. The number of hydrogen-bond acceptors (Lipinski definition) is 4. The minimum absolute atomic E-state index is 0.113. The average molecular weight is 326 g/mol. The van der Waals surface area contributed by atoms with E-state index < -0.39 is 5.41 Å². The number of carbonyl (C=O) groups excluding carboxylic acids is 2. The molecule has 1 unspecified atom stereocenters. The van der Waals surface area contributed by atoms with Crippen LogP contribution in [0.1, 0.15) is 42.1 Å². The third-order valence-electron chi connectivity index (χ3n) is 4.95. The summed E-state index contributed by atoms with van der Waals surface area (Å²) >= 11 is 0. The number of aromatic nitrogens is 2. The Morgan fingerprint density at radius 2 is 2.08 bits per heavy atom. The molecule has 3 rings (SSSR count). The molecule has 126 valence electrons. The summed E-state index contributed by atoms with van der Waals surface area (Å²) in [5.41, 5.74) is 2.37. The molecule has 1 atom stereocenters. The SMILES string of the molecule is Cc1ncc(C(=O)NC2=CCC3C(=C2)N(C)C(=O)C3(C)C)c(C)n1. The molecule has 0 radical (unpaired) electrons. The van der Waals surface area contributed by atoms with E-state index in [-0.39, 0.29) is 17.7 Å². The standard InChI is InChI=1S/C18H22N4O2/c1-10-13(9-19-11(2)20-10)16(23)21-12-6-7-14-15(8-12)22(5)17(24)18(14,3)4/h6,8-9,14H,7H2,1-5H3,(H,21,23). The van der Waals surface area contributed by atoms with Crippen molar-refractivity contribution in [1.82, 2.24) is 20.2 Å². The Balaban J connectivity index is 1.82. The first-order valence-electron chi connectivity index (χ1n) is 8.03. The van der Waals surface area contributed by atoms with E-state index in [0.717, 1.165) is 12.1 Å². The minimum Gasteiger partial charge on any atom is -0.322 e. The number of rotatable bonds is 2. The maximum atomic E-state index is 12.5. The number of allylic oxidation sites excluding steroid dienone is 3. The van der Waals surface area contributed by atoms with Crippen molar-refractivity contribution >= 4 is 11.8 Å². The second-order valence-corrected chi connectivity index (χ2v) is 6.97. The van der Waals surface area contributed by atoms with E-state index in [1.54, 1.807) is 32.0 Å². The fourth-order valence-electron chi connectivity index (χ4n) is 3.47. The van der Waals surface area contributed by atoms with Crippen molar-refractivity contribution in [2.45, 2.75) is 34.1 Å². The molecule has 2 aliphatic rings. The maximum Gasteiger partial charge on any atom is 0.259 e. The molecular formula is C18H22N4O2. The molecule has 6 heteroatoms. The molecule has 1 N–H and O–H groups in total. The van der Waals surface area contributed by atoms with Crippen molar-refractivity contribution in [2.75, 3.05) is 7.05 Å². The molecule has 2 amide bonds. The van der Waals surface area contributed by atoms with E-state index in [0.29, 0.717) is 22.8 Å². The number of amides is 2. The minimum atomic E-state index is -0.409. The van der Waals surface area contributed by atoms with Crippen LogP contribution in [0.25, 0.3) is 0 Å². The van der Waals surface area contributed by atoms with E-state index in [9.17, 15) is 9.59 Å². The van der Waals surface area contributed by atoms with Crippen LogP contribution in [0.4, 0.5) is 0 Å². The van der Waals surface area contributed by atoms with E-state index in [2.05, 4.69) is 15.3 Å². The second-order valence-electron chi connectivity index (χ2n) is 6.97. The molecule has 1 aliphatic heterocycles. The summed E-state index contributed by atoms with van der Waals surface area (Å²) in [6.07, 6.45) is 6.14. The lowest BCUT2D eigenvalue weighted by atomic mass is 9.76.